The minimum absolute atomic E-state index is 0.0436. The van der Waals surface area contributed by atoms with E-state index < -0.39 is 5.41 Å². The quantitative estimate of drug-likeness (QED) is 0.728. The molecule has 130 valence electrons. The molecular formula is C19H30O4. The van der Waals surface area contributed by atoms with Crippen molar-refractivity contribution in [2.24, 2.45) is 40.9 Å². The smallest absolute Gasteiger partial charge is 0.312 e. The van der Waals surface area contributed by atoms with Gasteiger partial charge in [-0.05, 0) is 37.5 Å². The van der Waals surface area contributed by atoms with Crippen molar-refractivity contribution in [2.45, 2.75) is 66.6 Å². The van der Waals surface area contributed by atoms with Gasteiger partial charge in [0.1, 0.15) is 12.2 Å². The van der Waals surface area contributed by atoms with Gasteiger partial charge in [-0.3, -0.25) is 9.59 Å². The number of rotatable bonds is 5. The van der Waals surface area contributed by atoms with E-state index in [1.54, 1.807) is 0 Å². The molecule has 4 heteroatoms. The van der Waals surface area contributed by atoms with Gasteiger partial charge in [-0.15, -0.1) is 0 Å². The molecule has 3 rings (SSSR count). The Balaban J connectivity index is 1.77. The number of hydrogen-bond donors (Lipinski definition) is 0. The van der Waals surface area contributed by atoms with Crippen molar-refractivity contribution in [3.63, 3.8) is 0 Å². The lowest BCUT2D eigenvalue weighted by molar-refractivity contribution is -0.175. The first-order chi connectivity index (χ1) is 10.7. The highest BCUT2D eigenvalue weighted by Crippen LogP contribution is 2.59. The molecule has 0 aromatic carbocycles. The van der Waals surface area contributed by atoms with E-state index >= 15 is 0 Å². The molecule has 0 radical (unpaired) electrons. The van der Waals surface area contributed by atoms with Crippen molar-refractivity contribution in [3.05, 3.63) is 0 Å². The van der Waals surface area contributed by atoms with Gasteiger partial charge in [0, 0.05) is 11.8 Å². The molecule has 23 heavy (non-hydrogen) atoms. The van der Waals surface area contributed by atoms with Crippen LogP contribution in [-0.2, 0) is 19.1 Å². The standard InChI is InChI=1S/C19H30O4/c1-9(2)8-19(6,10(3)4)18(21)23-15-12-7-13-14(11(12)5)16(15)22-17(13)20/h9-16H,7-8H2,1-6H3/t11-,12?,13?,14?,15?,16?,19?/m0/s1. The van der Waals surface area contributed by atoms with Crippen LogP contribution in [0.3, 0.4) is 0 Å². The first-order valence-corrected chi connectivity index (χ1v) is 9.08. The average molecular weight is 322 g/mol. The van der Waals surface area contributed by atoms with Crippen molar-refractivity contribution in [2.75, 3.05) is 0 Å². The molecule has 2 saturated carbocycles. The number of esters is 2. The third-order valence-corrected chi connectivity index (χ3v) is 6.77. The Hall–Kier alpha value is -1.06. The van der Waals surface area contributed by atoms with Gasteiger partial charge in [0.05, 0.1) is 11.3 Å². The van der Waals surface area contributed by atoms with E-state index in [0.29, 0.717) is 11.8 Å². The lowest BCUT2D eigenvalue weighted by Crippen LogP contribution is -2.43. The summed E-state index contributed by atoms with van der Waals surface area (Å²) in [5.74, 6) is 1.43. The lowest BCUT2D eigenvalue weighted by Gasteiger charge is -2.36. The van der Waals surface area contributed by atoms with E-state index in [1.165, 1.54) is 0 Å². The van der Waals surface area contributed by atoms with Gasteiger partial charge in [-0.2, -0.15) is 0 Å². The van der Waals surface area contributed by atoms with E-state index in [9.17, 15) is 9.59 Å². The Labute approximate surface area is 139 Å². The summed E-state index contributed by atoms with van der Waals surface area (Å²) >= 11 is 0. The SMILES string of the molecule is CC(C)CC(C)(C(=O)OC1C2OC(=O)C3CC1[C@H](C)C32)C(C)C. The van der Waals surface area contributed by atoms with E-state index in [2.05, 4.69) is 34.6 Å². The Bertz CT molecular complexity index is 511. The van der Waals surface area contributed by atoms with Crippen molar-refractivity contribution in [3.8, 4) is 0 Å². The zero-order valence-corrected chi connectivity index (χ0v) is 15.2. The Morgan fingerprint density at radius 1 is 1.35 bits per heavy atom. The van der Waals surface area contributed by atoms with E-state index in [-0.39, 0.29) is 47.8 Å². The highest BCUT2D eigenvalue weighted by molar-refractivity contribution is 5.79. The van der Waals surface area contributed by atoms with Crippen LogP contribution < -0.4 is 0 Å². The average Bonchev–Trinajstić information content (AvgIpc) is 2.98. The largest absolute Gasteiger partial charge is 0.458 e. The summed E-state index contributed by atoms with van der Waals surface area (Å²) in [7, 11) is 0. The number of ether oxygens (including phenoxy) is 2. The number of fused-ring (bicyclic) bond motifs is 1. The molecule has 1 aliphatic heterocycles. The Kier molecular flexibility index (Phi) is 4.01. The van der Waals surface area contributed by atoms with Gasteiger partial charge >= 0.3 is 11.9 Å². The summed E-state index contributed by atoms with van der Waals surface area (Å²) in [6, 6.07) is 0. The van der Waals surface area contributed by atoms with Crippen LogP contribution in [0.15, 0.2) is 0 Å². The fourth-order valence-electron chi connectivity index (χ4n) is 5.18. The molecule has 0 aromatic heterocycles. The van der Waals surface area contributed by atoms with Crippen LogP contribution in [0.2, 0.25) is 0 Å². The van der Waals surface area contributed by atoms with Crippen molar-refractivity contribution in [1.29, 1.82) is 0 Å². The molecule has 0 N–H and O–H groups in total. The van der Waals surface area contributed by atoms with Gasteiger partial charge in [0.25, 0.3) is 0 Å². The molecule has 1 heterocycles. The maximum absolute atomic E-state index is 13.0. The second-order valence-electron chi connectivity index (χ2n) is 8.88. The van der Waals surface area contributed by atoms with Crippen molar-refractivity contribution in [1.82, 2.24) is 0 Å². The predicted molar refractivity (Wildman–Crippen MR) is 86.4 cm³/mol. The van der Waals surface area contributed by atoms with Crippen molar-refractivity contribution >= 4 is 11.9 Å². The molecule has 4 nitrogen and oxygen atoms in total. The molecule has 0 aromatic rings. The van der Waals surface area contributed by atoms with Crippen LogP contribution in [0.5, 0.6) is 0 Å². The summed E-state index contributed by atoms with van der Waals surface area (Å²) in [6.07, 6.45) is 1.19. The van der Waals surface area contributed by atoms with Gasteiger partial charge in [-0.1, -0.05) is 34.6 Å². The maximum Gasteiger partial charge on any atom is 0.312 e. The van der Waals surface area contributed by atoms with Crippen LogP contribution in [0.1, 0.15) is 54.4 Å². The second-order valence-corrected chi connectivity index (χ2v) is 8.88. The first-order valence-electron chi connectivity index (χ1n) is 9.08. The topological polar surface area (TPSA) is 52.6 Å². The van der Waals surface area contributed by atoms with Crippen molar-refractivity contribution < 1.29 is 19.1 Å². The second kappa shape index (κ2) is 5.49. The third-order valence-electron chi connectivity index (χ3n) is 6.77. The lowest BCUT2D eigenvalue weighted by atomic mass is 9.73. The van der Waals surface area contributed by atoms with E-state index in [0.717, 1.165) is 12.8 Å². The summed E-state index contributed by atoms with van der Waals surface area (Å²) in [4.78, 5) is 24.9. The van der Waals surface area contributed by atoms with Crippen LogP contribution in [0, 0.1) is 40.9 Å². The summed E-state index contributed by atoms with van der Waals surface area (Å²) in [5.41, 5.74) is -0.485. The highest BCUT2D eigenvalue weighted by Gasteiger charge is 2.67. The van der Waals surface area contributed by atoms with E-state index in [4.69, 9.17) is 9.47 Å². The summed E-state index contributed by atoms with van der Waals surface area (Å²) < 4.78 is 11.6. The molecular weight excluding hydrogens is 292 g/mol. The Morgan fingerprint density at radius 2 is 2.00 bits per heavy atom. The zero-order valence-electron chi connectivity index (χ0n) is 15.2. The van der Waals surface area contributed by atoms with Gasteiger partial charge < -0.3 is 9.47 Å². The molecule has 0 amide bonds. The van der Waals surface area contributed by atoms with Gasteiger partial charge in [-0.25, -0.2) is 0 Å². The predicted octanol–water partition coefficient (Wildman–Crippen LogP) is 3.43. The molecule has 6 unspecified atom stereocenters. The zero-order chi connectivity index (χ0) is 17.1. The number of carbonyl (C=O) groups is 2. The van der Waals surface area contributed by atoms with Crippen LogP contribution >= 0.6 is 0 Å². The maximum atomic E-state index is 13.0. The molecule has 3 aliphatic rings. The van der Waals surface area contributed by atoms with Gasteiger partial charge in [0.2, 0.25) is 0 Å². The normalized spacial score (nSPS) is 40.6. The molecule has 1 saturated heterocycles. The van der Waals surface area contributed by atoms with Crippen LogP contribution in [-0.4, -0.2) is 24.1 Å². The molecule has 2 aliphatic carbocycles. The van der Waals surface area contributed by atoms with Crippen LogP contribution in [0.4, 0.5) is 0 Å². The monoisotopic (exact) mass is 322 g/mol. The third kappa shape index (κ3) is 2.40. The van der Waals surface area contributed by atoms with Gasteiger partial charge in [0.15, 0.2) is 0 Å². The van der Waals surface area contributed by atoms with E-state index in [1.807, 2.05) is 6.92 Å². The fourth-order valence-corrected chi connectivity index (χ4v) is 5.18. The molecule has 7 atom stereocenters. The fraction of sp³-hybridized carbons (Fsp3) is 0.895. The Morgan fingerprint density at radius 3 is 2.57 bits per heavy atom. The first kappa shape index (κ1) is 16.8. The summed E-state index contributed by atoms with van der Waals surface area (Å²) in [5, 5.41) is 0. The molecule has 2 bridgehead atoms. The minimum Gasteiger partial charge on any atom is -0.458 e. The number of carbonyl (C=O) groups excluding carboxylic acids is 2. The van der Waals surface area contributed by atoms with Crippen LogP contribution in [0.25, 0.3) is 0 Å². The highest BCUT2D eigenvalue weighted by atomic mass is 16.6. The summed E-state index contributed by atoms with van der Waals surface area (Å²) in [6.45, 7) is 12.6. The molecule has 3 fully saturated rings. The minimum atomic E-state index is -0.485. The number of hydrogen-bond acceptors (Lipinski definition) is 4. The molecule has 0 spiro atoms.